The van der Waals surface area contributed by atoms with Crippen molar-refractivity contribution >= 4 is 5.96 Å². The molecule has 0 saturated carbocycles. The highest BCUT2D eigenvalue weighted by Gasteiger charge is 2.12. The van der Waals surface area contributed by atoms with Crippen LogP contribution in [0, 0.1) is 0 Å². The summed E-state index contributed by atoms with van der Waals surface area (Å²) in [6.07, 6.45) is 3.72. The summed E-state index contributed by atoms with van der Waals surface area (Å²) >= 11 is 0. The molecular weight excluding hydrogens is 324 g/mol. The van der Waals surface area contributed by atoms with Crippen LogP contribution in [-0.2, 0) is 6.54 Å². The molecule has 0 aliphatic carbocycles. The number of hydrogen-bond donors (Lipinski definition) is 2. The van der Waals surface area contributed by atoms with Gasteiger partial charge in [0.15, 0.2) is 5.96 Å². The smallest absolute Gasteiger partial charge is 0.191 e. The fraction of sp³-hybridized carbons (Fsp3) is 0.500. The molecule has 2 N–H and O–H groups in total. The maximum atomic E-state index is 4.31. The van der Waals surface area contributed by atoms with Gasteiger partial charge in [0.2, 0.25) is 0 Å². The maximum Gasteiger partial charge on any atom is 0.191 e. The summed E-state index contributed by atoms with van der Waals surface area (Å²) in [6.45, 7) is 11.5. The van der Waals surface area contributed by atoms with Crippen LogP contribution in [0.3, 0.4) is 0 Å². The summed E-state index contributed by atoms with van der Waals surface area (Å²) < 4.78 is 1.85. The highest BCUT2D eigenvalue weighted by Crippen LogP contribution is 2.08. The van der Waals surface area contributed by atoms with E-state index in [9.17, 15) is 0 Å². The van der Waals surface area contributed by atoms with Gasteiger partial charge in [0.05, 0.1) is 5.69 Å². The molecule has 0 amide bonds. The molecule has 0 unspecified atom stereocenters. The monoisotopic (exact) mass is 356 g/mol. The summed E-state index contributed by atoms with van der Waals surface area (Å²) in [5.74, 6) is 0.827. The summed E-state index contributed by atoms with van der Waals surface area (Å²) in [6, 6.07) is 11.4. The number of aliphatic imine (C=N–C) groups is 1. The lowest BCUT2D eigenvalue weighted by atomic mass is 10.2. The predicted octanol–water partition coefficient (Wildman–Crippen LogP) is 2.66. The predicted molar refractivity (Wildman–Crippen MR) is 109 cm³/mol. The van der Waals surface area contributed by atoms with Gasteiger partial charge in [-0.3, -0.25) is 9.89 Å². The summed E-state index contributed by atoms with van der Waals surface area (Å²) in [4.78, 5) is 6.78. The zero-order chi connectivity index (χ0) is 18.9. The van der Waals surface area contributed by atoms with Gasteiger partial charge in [0.1, 0.15) is 0 Å². The van der Waals surface area contributed by atoms with Crippen LogP contribution < -0.4 is 10.6 Å². The Bertz CT molecular complexity index is 650. The molecule has 0 radical (unpaired) electrons. The molecule has 2 rings (SSSR count). The number of benzene rings is 1. The van der Waals surface area contributed by atoms with E-state index in [2.05, 4.69) is 77.6 Å². The van der Waals surface area contributed by atoms with Crippen molar-refractivity contribution < 1.29 is 0 Å². The average Bonchev–Trinajstić information content (AvgIpc) is 3.15. The molecule has 0 fully saturated rings. The molecule has 2 aromatic rings. The first-order chi connectivity index (χ1) is 12.5. The topological polar surface area (TPSA) is 57.5 Å². The van der Waals surface area contributed by atoms with Gasteiger partial charge in [0, 0.05) is 51.2 Å². The van der Waals surface area contributed by atoms with E-state index in [1.54, 1.807) is 13.2 Å². The Labute approximate surface area is 157 Å². The third-order valence-electron chi connectivity index (χ3n) is 4.38. The Kier molecular flexibility index (Phi) is 7.66. The van der Waals surface area contributed by atoms with E-state index in [4.69, 9.17) is 0 Å². The van der Waals surface area contributed by atoms with Gasteiger partial charge in [-0.05, 0) is 51.5 Å². The number of nitrogens with one attached hydrogen (secondary N) is 2. The molecule has 1 aromatic heterocycles. The van der Waals surface area contributed by atoms with E-state index >= 15 is 0 Å². The summed E-state index contributed by atoms with van der Waals surface area (Å²) in [7, 11) is 1.80. The minimum atomic E-state index is 0.542. The Hall–Kier alpha value is -2.34. The van der Waals surface area contributed by atoms with E-state index < -0.39 is 0 Å². The molecule has 0 atom stereocenters. The number of nitrogens with zero attached hydrogens (tertiary/aromatic N) is 4. The Morgan fingerprint density at radius 1 is 1.12 bits per heavy atom. The number of hydrogen-bond acceptors (Lipinski definition) is 3. The maximum absolute atomic E-state index is 4.31. The van der Waals surface area contributed by atoms with Gasteiger partial charge in [0.25, 0.3) is 0 Å². The quantitative estimate of drug-likeness (QED) is 0.564. The van der Waals surface area contributed by atoms with Gasteiger partial charge >= 0.3 is 0 Å². The van der Waals surface area contributed by atoms with Gasteiger partial charge in [-0.15, -0.1) is 0 Å². The van der Waals surface area contributed by atoms with Crippen LogP contribution in [0.25, 0.3) is 5.69 Å². The zero-order valence-electron chi connectivity index (χ0n) is 16.6. The molecule has 6 heteroatoms. The summed E-state index contributed by atoms with van der Waals surface area (Å²) in [5.41, 5.74) is 2.26. The van der Waals surface area contributed by atoms with E-state index in [1.807, 2.05) is 16.9 Å². The lowest BCUT2D eigenvalue weighted by Crippen LogP contribution is -2.45. The molecule has 26 heavy (non-hydrogen) atoms. The molecule has 0 spiro atoms. The first-order valence-electron chi connectivity index (χ1n) is 9.30. The second-order valence-corrected chi connectivity index (χ2v) is 6.89. The highest BCUT2D eigenvalue weighted by atomic mass is 15.3. The molecule has 0 aliphatic rings. The second kappa shape index (κ2) is 9.97. The molecule has 0 bridgehead atoms. The van der Waals surface area contributed by atoms with E-state index in [-0.39, 0.29) is 0 Å². The number of rotatable bonds is 8. The first-order valence-corrected chi connectivity index (χ1v) is 9.30. The van der Waals surface area contributed by atoms with Crippen molar-refractivity contribution in [3.8, 4) is 5.69 Å². The van der Waals surface area contributed by atoms with Crippen LogP contribution in [0.5, 0.6) is 0 Å². The zero-order valence-corrected chi connectivity index (χ0v) is 16.6. The van der Waals surface area contributed by atoms with Crippen molar-refractivity contribution in [1.82, 2.24) is 25.3 Å². The van der Waals surface area contributed by atoms with Crippen LogP contribution in [0.4, 0.5) is 0 Å². The lowest BCUT2D eigenvalue weighted by Gasteiger charge is -2.30. The third kappa shape index (κ3) is 5.88. The van der Waals surface area contributed by atoms with Gasteiger partial charge in [-0.1, -0.05) is 12.1 Å². The molecule has 1 aromatic carbocycles. The van der Waals surface area contributed by atoms with Gasteiger partial charge in [-0.2, -0.15) is 5.10 Å². The van der Waals surface area contributed by atoms with Crippen LogP contribution in [0.2, 0.25) is 0 Å². The fourth-order valence-electron chi connectivity index (χ4n) is 3.01. The number of aromatic nitrogens is 2. The van der Waals surface area contributed by atoms with Crippen LogP contribution in [-0.4, -0.2) is 52.9 Å². The highest BCUT2D eigenvalue weighted by molar-refractivity contribution is 5.79. The minimum absolute atomic E-state index is 0.542. The van der Waals surface area contributed by atoms with Crippen molar-refractivity contribution in [2.45, 2.75) is 46.3 Å². The Balaban J connectivity index is 1.79. The van der Waals surface area contributed by atoms with Crippen molar-refractivity contribution in [1.29, 1.82) is 0 Å². The van der Waals surface area contributed by atoms with Crippen molar-refractivity contribution in [3.05, 3.63) is 48.3 Å². The first kappa shape index (κ1) is 20.0. The van der Waals surface area contributed by atoms with Crippen LogP contribution in [0.15, 0.2) is 47.7 Å². The molecule has 0 saturated heterocycles. The normalized spacial score (nSPS) is 12.2. The van der Waals surface area contributed by atoms with Gasteiger partial charge < -0.3 is 10.6 Å². The Morgan fingerprint density at radius 2 is 1.81 bits per heavy atom. The molecular formula is C20H32N6. The third-order valence-corrected chi connectivity index (χ3v) is 4.38. The van der Waals surface area contributed by atoms with Crippen molar-refractivity contribution in [3.63, 3.8) is 0 Å². The van der Waals surface area contributed by atoms with Crippen molar-refractivity contribution in [2.75, 3.05) is 20.1 Å². The van der Waals surface area contributed by atoms with E-state index in [0.717, 1.165) is 31.3 Å². The standard InChI is InChI=1S/C20H32N6/c1-16(2)25(17(3)4)14-12-22-20(21-5)23-15-18-7-9-19(10-8-18)26-13-6-11-24-26/h6-11,13,16-17H,12,14-15H2,1-5H3,(H2,21,22,23). The van der Waals surface area contributed by atoms with E-state index in [0.29, 0.717) is 12.1 Å². The van der Waals surface area contributed by atoms with Crippen LogP contribution in [0.1, 0.15) is 33.3 Å². The molecule has 0 aliphatic heterocycles. The molecule has 6 nitrogen and oxygen atoms in total. The lowest BCUT2D eigenvalue weighted by molar-refractivity contribution is 0.178. The fourth-order valence-corrected chi connectivity index (χ4v) is 3.01. The minimum Gasteiger partial charge on any atom is -0.355 e. The SMILES string of the molecule is CN=C(NCCN(C(C)C)C(C)C)NCc1ccc(-n2cccn2)cc1. The van der Waals surface area contributed by atoms with E-state index in [1.165, 1.54) is 5.56 Å². The molecule has 1 heterocycles. The number of guanidine groups is 1. The largest absolute Gasteiger partial charge is 0.355 e. The van der Waals surface area contributed by atoms with Crippen molar-refractivity contribution in [2.24, 2.45) is 4.99 Å². The second-order valence-electron chi connectivity index (χ2n) is 6.89. The summed E-state index contributed by atoms with van der Waals surface area (Å²) in [5, 5.41) is 11.0. The van der Waals surface area contributed by atoms with Crippen LogP contribution >= 0.6 is 0 Å². The average molecular weight is 357 g/mol. The Morgan fingerprint density at radius 3 is 2.35 bits per heavy atom. The van der Waals surface area contributed by atoms with Gasteiger partial charge in [-0.25, -0.2) is 4.68 Å². The molecule has 142 valence electrons.